The van der Waals surface area contributed by atoms with Gasteiger partial charge in [0.25, 0.3) is 5.91 Å². The van der Waals surface area contributed by atoms with Gasteiger partial charge in [0.15, 0.2) is 0 Å². The second-order valence-electron chi connectivity index (χ2n) is 4.58. The monoisotopic (exact) mass is 235 g/mol. The predicted octanol–water partition coefficient (Wildman–Crippen LogP) is 2.15. The van der Waals surface area contributed by atoms with E-state index in [1.54, 1.807) is 25.4 Å². The van der Waals surface area contributed by atoms with Gasteiger partial charge in [-0.1, -0.05) is 20.8 Å². The number of amides is 1. The first-order valence-corrected chi connectivity index (χ1v) is 5.97. The average molecular weight is 235 g/mol. The van der Waals surface area contributed by atoms with E-state index in [0.717, 1.165) is 0 Å². The van der Waals surface area contributed by atoms with E-state index in [0.29, 0.717) is 29.8 Å². The highest BCUT2D eigenvalue weighted by atomic mass is 16.1. The third-order valence-corrected chi connectivity index (χ3v) is 3.01. The number of nitrogens with one attached hydrogen (secondary N) is 2. The van der Waals surface area contributed by atoms with Crippen LogP contribution in [0.3, 0.4) is 0 Å². The maximum atomic E-state index is 12.0. The summed E-state index contributed by atoms with van der Waals surface area (Å²) in [4.78, 5) is 16.1. The van der Waals surface area contributed by atoms with Gasteiger partial charge >= 0.3 is 0 Å². The minimum atomic E-state index is -0.0741. The highest BCUT2D eigenvalue weighted by Gasteiger charge is 2.13. The molecule has 17 heavy (non-hydrogen) atoms. The summed E-state index contributed by atoms with van der Waals surface area (Å²) in [7, 11) is 1.76. The van der Waals surface area contributed by atoms with E-state index in [1.165, 1.54) is 0 Å². The molecule has 1 aromatic rings. The second kappa shape index (κ2) is 6.23. The molecule has 1 unspecified atom stereocenters. The highest BCUT2D eigenvalue weighted by Crippen LogP contribution is 2.11. The van der Waals surface area contributed by atoms with Gasteiger partial charge in [0.1, 0.15) is 5.82 Å². The molecule has 1 atom stereocenters. The van der Waals surface area contributed by atoms with Crippen LogP contribution >= 0.6 is 0 Å². The molecule has 0 bridgehead atoms. The Bertz CT molecular complexity index is 377. The molecule has 0 aliphatic carbocycles. The minimum Gasteiger partial charge on any atom is -0.372 e. The SMILES string of the molecule is CNc1ncccc1C(=O)NCC(C)C(C)C. The van der Waals surface area contributed by atoms with Crippen LogP contribution in [0.15, 0.2) is 18.3 Å². The van der Waals surface area contributed by atoms with Crippen molar-refractivity contribution < 1.29 is 4.79 Å². The summed E-state index contributed by atoms with van der Waals surface area (Å²) in [5, 5.41) is 5.85. The van der Waals surface area contributed by atoms with E-state index in [-0.39, 0.29) is 5.91 Å². The molecule has 1 aromatic heterocycles. The summed E-state index contributed by atoms with van der Waals surface area (Å²) < 4.78 is 0. The summed E-state index contributed by atoms with van der Waals surface area (Å²) in [6.07, 6.45) is 1.67. The van der Waals surface area contributed by atoms with E-state index in [2.05, 4.69) is 36.4 Å². The van der Waals surface area contributed by atoms with Gasteiger partial charge in [0.2, 0.25) is 0 Å². The van der Waals surface area contributed by atoms with Crippen LogP contribution < -0.4 is 10.6 Å². The number of rotatable bonds is 5. The van der Waals surface area contributed by atoms with Crippen molar-refractivity contribution in [1.82, 2.24) is 10.3 Å². The van der Waals surface area contributed by atoms with Gasteiger partial charge in [0, 0.05) is 19.8 Å². The molecule has 0 spiro atoms. The van der Waals surface area contributed by atoms with Gasteiger partial charge in [-0.2, -0.15) is 0 Å². The zero-order valence-electron chi connectivity index (χ0n) is 10.9. The van der Waals surface area contributed by atoms with Crippen LogP contribution in [0.5, 0.6) is 0 Å². The third-order valence-electron chi connectivity index (χ3n) is 3.01. The van der Waals surface area contributed by atoms with Crippen LogP contribution in [0.1, 0.15) is 31.1 Å². The summed E-state index contributed by atoms with van der Waals surface area (Å²) in [6.45, 7) is 7.13. The first-order chi connectivity index (χ1) is 8.06. The van der Waals surface area contributed by atoms with Crippen LogP contribution in [-0.4, -0.2) is 24.5 Å². The molecule has 0 aliphatic heterocycles. The summed E-state index contributed by atoms with van der Waals surface area (Å²) in [5.74, 6) is 1.57. The highest BCUT2D eigenvalue weighted by molar-refractivity contribution is 5.98. The fourth-order valence-electron chi connectivity index (χ4n) is 1.37. The summed E-state index contributed by atoms with van der Waals surface area (Å²) >= 11 is 0. The lowest BCUT2D eigenvalue weighted by molar-refractivity contribution is 0.0945. The van der Waals surface area contributed by atoms with Gasteiger partial charge in [-0.05, 0) is 24.0 Å². The molecule has 4 heteroatoms. The Labute approximate surface area is 103 Å². The molecule has 0 aromatic carbocycles. The quantitative estimate of drug-likeness (QED) is 0.822. The topological polar surface area (TPSA) is 54.0 Å². The number of anilines is 1. The van der Waals surface area contributed by atoms with Crippen LogP contribution in [0, 0.1) is 11.8 Å². The molecule has 0 saturated carbocycles. The molecule has 1 rings (SSSR count). The first kappa shape index (κ1) is 13.5. The second-order valence-corrected chi connectivity index (χ2v) is 4.58. The molecule has 4 nitrogen and oxygen atoms in total. The van der Waals surface area contributed by atoms with Crippen LogP contribution in [0.4, 0.5) is 5.82 Å². The number of carbonyl (C=O) groups excluding carboxylic acids is 1. The van der Waals surface area contributed by atoms with Crippen molar-refractivity contribution in [2.24, 2.45) is 11.8 Å². The Kier molecular flexibility index (Phi) is 4.94. The van der Waals surface area contributed by atoms with Crippen molar-refractivity contribution in [3.05, 3.63) is 23.9 Å². The van der Waals surface area contributed by atoms with E-state index in [4.69, 9.17) is 0 Å². The lowest BCUT2D eigenvalue weighted by Crippen LogP contribution is -2.30. The Morgan fingerprint density at radius 3 is 2.71 bits per heavy atom. The fourth-order valence-corrected chi connectivity index (χ4v) is 1.37. The van der Waals surface area contributed by atoms with E-state index >= 15 is 0 Å². The molecule has 2 N–H and O–H groups in total. The van der Waals surface area contributed by atoms with Crippen molar-refractivity contribution in [2.45, 2.75) is 20.8 Å². The number of hydrogen-bond acceptors (Lipinski definition) is 3. The van der Waals surface area contributed by atoms with Crippen molar-refractivity contribution in [3.63, 3.8) is 0 Å². The molecular weight excluding hydrogens is 214 g/mol. The molecule has 1 amide bonds. The van der Waals surface area contributed by atoms with E-state index in [9.17, 15) is 4.79 Å². The molecule has 0 aliphatic rings. The lowest BCUT2D eigenvalue weighted by Gasteiger charge is -2.16. The Hall–Kier alpha value is -1.58. The maximum Gasteiger partial charge on any atom is 0.255 e. The Balaban J connectivity index is 2.64. The predicted molar refractivity (Wildman–Crippen MR) is 70.1 cm³/mol. The Morgan fingerprint density at radius 1 is 1.41 bits per heavy atom. The van der Waals surface area contributed by atoms with Crippen molar-refractivity contribution in [3.8, 4) is 0 Å². The number of nitrogens with zero attached hydrogens (tertiary/aromatic N) is 1. The largest absolute Gasteiger partial charge is 0.372 e. The number of hydrogen-bond donors (Lipinski definition) is 2. The van der Waals surface area contributed by atoms with Crippen LogP contribution in [0.2, 0.25) is 0 Å². The first-order valence-electron chi connectivity index (χ1n) is 5.97. The number of carbonyl (C=O) groups is 1. The standard InChI is InChI=1S/C13H21N3O/c1-9(2)10(3)8-16-13(17)11-6-5-7-15-12(11)14-4/h5-7,9-10H,8H2,1-4H3,(H,14,15)(H,16,17). The fraction of sp³-hybridized carbons (Fsp3) is 0.538. The zero-order chi connectivity index (χ0) is 12.8. The van der Waals surface area contributed by atoms with E-state index < -0.39 is 0 Å². The lowest BCUT2D eigenvalue weighted by atomic mass is 9.98. The Morgan fingerprint density at radius 2 is 2.12 bits per heavy atom. The van der Waals surface area contributed by atoms with Gasteiger partial charge in [-0.15, -0.1) is 0 Å². The van der Waals surface area contributed by atoms with Crippen molar-refractivity contribution in [2.75, 3.05) is 18.9 Å². The molecule has 0 saturated heterocycles. The minimum absolute atomic E-state index is 0.0741. The molecule has 1 heterocycles. The summed E-state index contributed by atoms with van der Waals surface area (Å²) in [5.41, 5.74) is 0.589. The molecule has 0 radical (unpaired) electrons. The maximum absolute atomic E-state index is 12.0. The third kappa shape index (κ3) is 3.73. The smallest absolute Gasteiger partial charge is 0.255 e. The van der Waals surface area contributed by atoms with Gasteiger partial charge in [-0.3, -0.25) is 4.79 Å². The van der Waals surface area contributed by atoms with Crippen LogP contribution in [0.25, 0.3) is 0 Å². The summed E-state index contributed by atoms with van der Waals surface area (Å²) in [6, 6.07) is 3.54. The number of pyridine rings is 1. The van der Waals surface area contributed by atoms with Crippen LogP contribution in [-0.2, 0) is 0 Å². The average Bonchev–Trinajstić information content (AvgIpc) is 2.35. The molecule has 0 fully saturated rings. The molecule has 94 valence electrons. The van der Waals surface area contributed by atoms with Gasteiger partial charge in [0.05, 0.1) is 5.56 Å². The van der Waals surface area contributed by atoms with E-state index in [1.807, 2.05) is 0 Å². The van der Waals surface area contributed by atoms with Crippen molar-refractivity contribution in [1.29, 1.82) is 0 Å². The van der Waals surface area contributed by atoms with Gasteiger partial charge in [-0.25, -0.2) is 4.98 Å². The normalized spacial score (nSPS) is 12.3. The van der Waals surface area contributed by atoms with Gasteiger partial charge < -0.3 is 10.6 Å². The molecular formula is C13H21N3O. The zero-order valence-corrected chi connectivity index (χ0v) is 10.9. The van der Waals surface area contributed by atoms with Crippen molar-refractivity contribution >= 4 is 11.7 Å². The number of aromatic nitrogens is 1.